The van der Waals surface area contributed by atoms with Gasteiger partial charge >= 0.3 is 6.01 Å². The summed E-state index contributed by atoms with van der Waals surface area (Å²) in [5.41, 5.74) is 0. The van der Waals surface area contributed by atoms with Crippen LogP contribution in [0.15, 0.2) is 0 Å². The molecule has 96 valence electrons. The van der Waals surface area contributed by atoms with E-state index in [1.54, 1.807) is 7.05 Å². The van der Waals surface area contributed by atoms with Gasteiger partial charge in [0, 0.05) is 18.8 Å². The molecule has 1 aromatic rings. The number of ether oxygens (including phenoxy) is 1. The molecule has 0 aliphatic heterocycles. The smallest absolute Gasteiger partial charge is 0.322 e. The van der Waals surface area contributed by atoms with Gasteiger partial charge in [0.15, 0.2) is 0 Å². The Morgan fingerprint density at radius 3 is 2.59 bits per heavy atom. The molecular weight excluding hydrogens is 238 g/mol. The Morgan fingerprint density at radius 2 is 2.00 bits per heavy atom. The fourth-order valence-corrected chi connectivity index (χ4v) is 1.85. The van der Waals surface area contributed by atoms with Crippen LogP contribution in [0.25, 0.3) is 0 Å². The highest BCUT2D eigenvalue weighted by Gasteiger charge is 2.08. The zero-order chi connectivity index (χ0) is 12.7. The van der Waals surface area contributed by atoms with Crippen molar-refractivity contribution >= 4 is 23.7 Å². The van der Waals surface area contributed by atoms with Crippen LogP contribution in [0.1, 0.15) is 13.8 Å². The lowest BCUT2D eigenvalue weighted by molar-refractivity contribution is 0.379. The monoisotopic (exact) mass is 257 g/mol. The zero-order valence-corrected chi connectivity index (χ0v) is 11.5. The summed E-state index contributed by atoms with van der Waals surface area (Å²) >= 11 is 1.87. The minimum absolute atomic E-state index is 0.303. The Bertz CT molecular complexity index is 327. The van der Waals surface area contributed by atoms with E-state index in [1.165, 1.54) is 7.11 Å². The maximum Gasteiger partial charge on any atom is 0.322 e. The van der Waals surface area contributed by atoms with Gasteiger partial charge in [-0.05, 0) is 12.7 Å². The Balaban J connectivity index is 2.68. The maximum absolute atomic E-state index is 5.01. The van der Waals surface area contributed by atoms with E-state index in [0.29, 0.717) is 23.9 Å². The number of hydrogen-bond acceptors (Lipinski definition) is 7. The minimum Gasteiger partial charge on any atom is -0.467 e. The van der Waals surface area contributed by atoms with Crippen LogP contribution >= 0.6 is 11.8 Å². The summed E-state index contributed by atoms with van der Waals surface area (Å²) in [4.78, 5) is 12.4. The van der Waals surface area contributed by atoms with E-state index in [4.69, 9.17) is 4.74 Å². The van der Waals surface area contributed by atoms with E-state index >= 15 is 0 Å². The molecule has 0 bridgehead atoms. The molecular formula is C10H19N5OS. The lowest BCUT2D eigenvalue weighted by atomic mass is 10.4. The predicted molar refractivity (Wildman–Crippen MR) is 72.0 cm³/mol. The van der Waals surface area contributed by atoms with Crippen molar-refractivity contribution in [3.63, 3.8) is 0 Å². The number of nitrogens with zero attached hydrogens (tertiary/aromatic N) is 3. The first-order valence-corrected chi connectivity index (χ1v) is 6.67. The molecule has 2 N–H and O–H groups in total. The second kappa shape index (κ2) is 7.16. The molecule has 0 spiro atoms. The third-order valence-electron chi connectivity index (χ3n) is 1.97. The fraction of sp³-hybridized carbons (Fsp3) is 0.700. The number of methoxy groups -OCH3 is 1. The molecule has 1 rings (SSSR count). The summed E-state index contributed by atoms with van der Waals surface area (Å²) in [6.45, 7) is 4.24. The third kappa shape index (κ3) is 4.64. The number of aromatic nitrogens is 3. The Hall–Kier alpha value is -1.24. The molecule has 1 unspecified atom stereocenters. The summed E-state index contributed by atoms with van der Waals surface area (Å²) in [5, 5.41) is 6.09. The Kier molecular flexibility index (Phi) is 5.82. The third-order valence-corrected chi connectivity index (χ3v) is 3.11. The summed E-state index contributed by atoms with van der Waals surface area (Å²) < 4.78 is 5.01. The van der Waals surface area contributed by atoms with Crippen molar-refractivity contribution in [2.75, 3.05) is 36.3 Å². The van der Waals surface area contributed by atoms with Gasteiger partial charge in [-0.25, -0.2) is 0 Å². The van der Waals surface area contributed by atoms with Crippen molar-refractivity contribution in [3.8, 4) is 6.01 Å². The highest BCUT2D eigenvalue weighted by molar-refractivity contribution is 7.99. The molecule has 0 aromatic carbocycles. The first kappa shape index (κ1) is 13.8. The van der Waals surface area contributed by atoms with Gasteiger partial charge in [-0.1, -0.05) is 6.92 Å². The molecule has 0 fully saturated rings. The molecule has 0 aliphatic rings. The van der Waals surface area contributed by atoms with Crippen LogP contribution in [0.2, 0.25) is 0 Å². The average molecular weight is 257 g/mol. The number of nitrogens with one attached hydrogen (secondary N) is 2. The summed E-state index contributed by atoms with van der Waals surface area (Å²) in [6, 6.07) is 0.610. The van der Waals surface area contributed by atoms with E-state index in [2.05, 4.69) is 39.4 Å². The molecule has 1 atom stereocenters. The topological polar surface area (TPSA) is 72.0 Å². The highest BCUT2D eigenvalue weighted by Crippen LogP contribution is 2.12. The summed E-state index contributed by atoms with van der Waals surface area (Å²) in [6.07, 6.45) is 0. The van der Waals surface area contributed by atoms with Gasteiger partial charge in [0.05, 0.1) is 7.11 Å². The molecule has 0 saturated heterocycles. The molecule has 0 aliphatic carbocycles. The van der Waals surface area contributed by atoms with E-state index < -0.39 is 0 Å². The molecule has 1 heterocycles. The zero-order valence-electron chi connectivity index (χ0n) is 10.6. The van der Waals surface area contributed by atoms with Gasteiger partial charge < -0.3 is 15.4 Å². The van der Waals surface area contributed by atoms with E-state index in [9.17, 15) is 0 Å². The van der Waals surface area contributed by atoms with Crippen molar-refractivity contribution < 1.29 is 4.74 Å². The fourth-order valence-electron chi connectivity index (χ4n) is 1.18. The van der Waals surface area contributed by atoms with Crippen LogP contribution in [-0.2, 0) is 0 Å². The van der Waals surface area contributed by atoms with Gasteiger partial charge in [0.1, 0.15) is 0 Å². The quantitative estimate of drug-likeness (QED) is 0.766. The van der Waals surface area contributed by atoms with E-state index in [1.807, 2.05) is 11.8 Å². The number of hydrogen-bond donors (Lipinski definition) is 2. The lowest BCUT2D eigenvalue weighted by Crippen LogP contribution is -2.20. The van der Waals surface area contributed by atoms with Crippen molar-refractivity contribution in [1.29, 1.82) is 0 Å². The molecule has 1 aromatic heterocycles. The Labute approximate surface area is 106 Å². The van der Waals surface area contributed by atoms with Crippen LogP contribution < -0.4 is 15.4 Å². The first-order chi connectivity index (χ1) is 8.19. The minimum atomic E-state index is 0.303. The molecule has 6 nitrogen and oxygen atoms in total. The summed E-state index contributed by atoms with van der Waals surface area (Å²) in [7, 11) is 3.30. The molecule has 7 heteroatoms. The average Bonchev–Trinajstić information content (AvgIpc) is 2.35. The van der Waals surface area contributed by atoms with Crippen LogP contribution in [0.4, 0.5) is 11.9 Å². The number of rotatable bonds is 7. The molecule has 0 amide bonds. The van der Waals surface area contributed by atoms with Crippen molar-refractivity contribution in [2.45, 2.75) is 19.9 Å². The second-order valence-corrected chi connectivity index (χ2v) is 4.74. The normalized spacial score (nSPS) is 12.0. The number of thioether (sulfide) groups is 1. The van der Waals surface area contributed by atoms with Crippen molar-refractivity contribution in [3.05, 3.63) is 0 Å². The maximum atomic E-state index is 5.01. The van der Waals surface area contributed by atoms with Gasteiger partial charge in [-0.15, -0.1) is 0 Å². The van der Waals surface area contributed by atoms with Crippen molar-refractivity contribution in [1.82, 2.24) is 15.0 Å². The van der Waals surface area contributed by atoms with Crippen LogP contribution in [0.3, 0.4) is 0 Å². The van der Waals surface area contributed by atoms with Crippen LogP contribution in [0.5, 0.6) is 6.01 Å². The van der Waals surface area contributed by atoms with Crippen LogP contribution in [-0.4, -0.2) is 46.7 Å². The lowest BCUT2D eigenvalue weighted by Gasteiger charge is -2.13. The van der Waals surface area contributed by atoms with Gasteiger partial charge in [0.2, 0.25) is 11.9 Å². The second-order valence-electron chi connectivity index (χ2n) is 3.42. The standard InChI is InChI=1S/C10H19N5OS/c1-5-17-6-7(2)12-9-13-8(11-3)14-10(15-9)16-4/h7H,5-6H2,1-4H3,(H2,11,12,13,14,15). The Morgan fingerprint density at radius 1 is 1.29 bits per heavy atom. The summed E-state index contributed by atoms with van der Waals surface area (Å²) in [5.74, 6) is 3.15. The number of anilines is 2. The van der Waals surface area contributed by atoms with E-state index in [0.717, 1.165) is 11.5 Å². The SMILES string of the molecule is CCSCC(C)Nc1nc(NC)nc(OC)n1. The van der Waals surface area contributed by atoms with Gasteiger partial charge in [-0.2, -0.15) is 26.7 Å². The predicted octanol–water partition coefficient (Wildman–Crippen LogP) is 1.48. The first-order valence-electron chi connectivity index (χ1n) is 5.51. The molecule has 17 heavy (non-hydrogen) atoms. The highest BCUT2D eigenvalue weighted by atomic mass is 32.2. The van der Waals surface area contributed by atoms with Gasteiger partial charge in [-0.3, -0.25) is 0 Å². The molecule has 0 radical (unpaired) electrons. The van der Waals surface area contributed by atoms with E-state index in [-0.39, 0.29) is 0 Å². The van der Waals surface area contributed by atoms with Gasteiger partial charge in [0.25, 0.3) is 0 Å². The van der Waals surface area contributed by atoms with Crippen LogP contribution in [0, 0.1) is 0 Å². The largest absolute Gasteiger partial charge is 0.467 e. The van der Waals surface area contributed by atoms with Crippen molar-refractivity contribution in [2.24, 2.45) is 0 Å². The molecule has 0 saturated carbocycles.